The molecule has 3 amide bonds. The van der Waals surface area contributed by atoms with E-state index in [0.717, 1.165) is 0 Å². The number of rotatable bonds is 3. The SMILES string of the molecule is CC1=C(C(=O)Nc2ccccn2)C(c2ccco2)NC(=O)N1. The van der Waals surface area contributed by atoms with Crippen LogP contribution in [0.25, 0.3) is 0 Å². The molecule has 1 aliphatic heterocycles. The van der Waals surface area contributed by atoms with Crippen molar-refractivity contribution in [1.29, 1.82) is 0 Å². The highest BCUT2D eigenvalue weighted by atomic mass is 16.3. The van der Waals surface area contributed by atoms with Crippen molar-refractivity contribution in [3.05, 3.63) is 59.8 Å². The van der Waals surface area contributed by atoms with Gasteiger partial charge in [0.1, 0.15) is 17.6 Å². The molecule has 112 valence electrons. The molecule has 1 aliphatic rings. The van der Waals surface area contributed by atoms with Gasteiger partial charge in [0.25, 0.3) is 5.91 Å². The average Bonchev–Trinajstić information content (AvgIpc) is 3.01. The molecule has 3 heterocycles. The first-order chi connectivity index (χ1) is 10.6. The van der Waals surface area contributed by atoms with Crippen LogP contribution in [0.1, 0.15) is 18.7 Å². The highest BCUT2D eigenvalue weighted by Gasteiger charge is 2.32. The van der Waals surface area contributed by atoms with Gasteiger partial charge in [-0.2, -0.15) is 0 Å². The number of nitrogens with one attached hydrogen (secondary N) is 3. The first kappa shape index (κ1) is 13.9. The number of pyridine rings is 1. The van der Waals surface area contributed by atoms with Gasteiger partial charge in [0.05, 0.1) is 11.8 Å². The Kier molecular flexibility index (Phi) is 3.61. The number of urea groups is 1. The molecule has 22 heavy (non-hydrogen) atoms. The Morgan fingerprint density at radius 1 is 1.32 bits per heavy atom. The van der Waals surface area contributed by atoms with Crippen LogP contribution in [0, 0.1) is 0 Å². The number of carbonyl (C=O) groups is 2. The summed E-state index contributed by atoms with van der Waals surface area (Å²) in [7, 11) is 0. The first-order valence-electron chi connectivity index (χ1n) is 6.69. The van der Waals surface area contributed by atoms with Gasteiger partial charge in [0.2, 0.25) is 0 Å². The summed E-state index contributed by atoms with van der Waals surface area (Å²) < 4.78 is 5.33. The van der Waals surface area contributed by atoms with Gasteiger partial charge >= 0.3 is 6.03 Å². The molecule has 1 atom stereocenters. The zero-order valence-electron chi connectivity index (χ0n) is 11.8. The van der Waals surface area contributed by atoms with E-state index in [1.807, 2.05) is 0 Å². The summed E-state index contributed by atoms with van der Waals surface area (Å²) in [6.07, 6.45) is 3.08. The Labute approximate surface area is 126 Å². The monoisotopic (exact) mass is 298 g/mol. The van der Waals surface area contributed by atoms with Crippen LogP contribution < -0.4 is 16.0 Å². The fourth-order valence-corrected chi connectivity index (χ4v) is 2.28. The maximum Gasteiger partial charge on any atom is 0.319 e. The molecule has 0 saturated heterocycles. The summed E-state index contributed by atoms with van der Waals surface area (Å²) in [5, 5.41) is 7.99. The van der Waals surface area contributed by atoms with Gasteiger partial charge in [-0.3, -0.25) is 4.79 Å². The van der Waals surface area contributed by atoms with E-state index in [9.17, 15) is 9.59 Å². The third kappa shape index (κ3) is 2.69. The van der Waals surface area contributed by atoms with E-state index < -0.39 is 6.04 Å². The number of furan rings is 1. The van der Waals surface area contributed by atoms with Crippen molar-refractivity contribution in [2.75, 3.05) is 5.32 Å². The summed E-state index contributed by atoms with van der Waals surface area (Å²) in [6.45, 7) is 1.67. The van der Waals surface area contributed by atoms with Gasteiger partial charge in [-0.15, -0.1) is 0 Å². The molecule has 0 aromatic carbocycles. The molecule has 0 radical (unpaired) electrons. The number of nitrogens with zero attached hydrogens (tertiary/aromatic N) is 1. The van der Waals surface area contributed by atoms with Crippen molar-refractivity contribution < 1.29 is 14.0 Å². The maximum absolute atomic E-state index is 12.5. The average molecular weight is 298 g/mol. The van der Waals surface area contributed by atoms with Crippen molar-refractivity contribution in [1.82, 2.24) is 15.6 Å². The Hall–Kier alpha value is -3.09. The van der Waals surface area contributed by atoms with Crippen LogP contribution in [0.15, 0.2) is 58.5 Å². The minimum atomic E-state index is -0.646. The molecular weight excluding hydrogens is 284 g/mol. The third-order valence-corrected chi connectivity index (χ3v) is 3.25. The second-order valence-electron chi connectivity index (χ2n) is 4.75. The van der Waals surface area contributed by atoms with E-state index in [2.05, 4.69) is 20.9 Å². The molecule has 7 heteroatoms. The molecule has 3 rings (SSSR count). The lowest BCUT2D eigenvalue weighted by atomic mass is 10.00. The van der Waals surface area contributed by atoms with Gasteiger partial charge in [0.15, 0.2) is 0 Å². The van der Waals surface area contributed by atoms with Crippen LogP contribution in [0.4, 0.5) is 10.6 Å². The van der Waals surface area contributed by atoms with Crippen molar-refractivity contribution in [2.45, 2.75) is 13.0 Å². The zero-order valence-corrected chi connectivity index (χ0v) is 11.8. The second-order valence-corrected chi connectivity index (χ2v) is 4.75. The molecule has 2 aromatic heterocycles. The summed E-state index contributed by atoms with van der Waals surface area (Å²) in [5.74, 6) is 0.563. The smallest absolute Gasteiger partial charge is 0.319 e. The number of anilines is 1. The van der Waals surface area contributed by atoms with E-state index in [-0.39, 0.29) is 11.9 Å². The third-order valence-electron chi connectivity index (χ3n) is 3.25. The molecular formula is C15H14N4O3. The van der Waals surface area contributed by atoms with Gasteiger partial charge in [-0.25, -0.2) is 9.78 Å². The van der Waals surface area contributed by atoms with Crippen molar-refractivity contribution in [3.8, 4) is 0 Å². The van der Waals surface area contributed by atoms with E-state index >= 15 is 0 Å². The number of allylic oxidation sites excluding steroid dienone is 1. The fourth-order valence-electron chi connectivity index (χ4n) is 2.28. The van der Waals surface area contributed by atoms with E-state index in [1.165, 1.54) is 6.26 Å². The lowest BCUT2D eigenvalue weighted by Crippen LogP contribution is -2.45. The highest BCUT2D eigenvalue weighted by molar-refractivity contribution is 6.06. The molecule has 7 nitrogen and oxygen atoms in total. The fraction of sp³-hybridized carbons (Fsp3) is 0.133. The lowest BCUT2D eigenvalue weighted by Gasteiger charge is -2.26. The van der Waals surface area contributed by atoms with E-state index in [0.29, 0.717) is 22.8 Å². The van der Waals surface area contributed by atoms with Crippen molar-refractivity contribution in [3.63, 3.8) is 0 Å². The molecule has 1 unspecified atom stereocenters. The molecule has 0 aliphatic carbocycles. The van der Waals surface area contributed by atoms with Gasteiger partial charge in [0, 0.05) is 11.9 Å². The Morgan fingerprint density at radius 3 is 2.86 bits per heavy atom. The molecule has 2 aromatic rings. The number of hydrogen-bond acceptors (Lipinski definition) is 4. The minimum absolute atomic E-state index is 0.356. The molecule has 0 bridgehead atoms. The lowest BCUT2D eigenvalue weighted by molar-refractivity contribution is -0.113. The second kappa shape index (κ2) is 5.72. The largest absolute Gasteiger partial charge is 0.467 e. The molecule has 0 fully saturated rings. The standard InChI is InChI=1S/C15H14N4O3/c1-9-12(14(20)18-11-6-2-3-7-16-11)13(19-15(21)17-9)10-5-4-8-22-10/h2-8,13H,1H3,(H,16,18,20)(H2,17,19,21). The van der Waals surface area contributed by atoms with Gasteiger partial charge < -0.3 is 20.4 Å². The Balaban J connectivity index is 1.92. The summed E-state index contributed by atoms with van der Waals surface area (Å²) in [4.78, 5) is 28.3. The van der Waals surface area contributed by atoms with Crippen molar-refractivity contribution in [2.24, 2.45) is 0 Å². The minimum Gasteiger partial charge on any atom is -0.467 e. The van der Waals surface area contributed by atoms with Crippen LogP contribution in [0.5, 0.6) is 0 Å². The summed E-state index contributed by atoms with van der Waals surface area (Å²) in [6, 6.07) is 7.60. The van der Waals surface area contributed by atoms with Crippen LogP contribution in [-0.2, 0) is 4.79 Å². The Morgan fingerprint density at radius 2 is 2.18 bits per heavy atom. The van der Waals surface area contributed by atoms with Crippen LogP contribution in [-0.4, -0.2) is 16.9 Å². The molecule has 0 spiro atoms. The van der Waals surface area contributed by atoms with Crippen molar-refractivity contribution >= 4 is 17.8 Å². The van der Waals surface area contributed by atoms with Gasteiger partial charge in [-0.05, 0) is 31.2 Å². The molecule has 0 saturated carbocycles. The molecule has 3 N–H and O–H groups in total. The number of aromatic nitrogens is 1. The maximum atomic E-state index is 12.5. The van der Waals surface area contributed by atoms with E-state index in [4.69, 9.17) is 4.42 Å². The Bertz CT molecular complexity index is 723. The van der Waals surface area contributed by atoms with Gasteiger partial charge in [-0.1, -0.05) is 6.07 Å². The number of carbonyl (C=O) groups excluding carboxylic acids is 2. The van der Waals surface area contributed by atoms with E-state index in [1.54, 1.807) is 43.5 Å². The summed E-state index contributed by atoms with van der Waals surface area (Å²) >= 11 is 0. The van der Waals surface area contributed by atoms with Crippen LogP contribution >= 0.6 is 0 Å². The predicted octanol–water partition coefficient (Wildman–Crippen LogP) is 1.94. The normalized spacial score (nSPS) is 17.7. The topological polar surface area (TPSA) is 96.3 Å². The predicted molar refractivity (Wildman–Crippen MR) is 78.7 cm³/mol. The highest BCUT2D eigenvalue weighted by Crippen LogP contribution is 2.27. The number of amides is 3. The number of hydrogen-bond donors (Lipinski definition) is 3. The quantitative estimate of drug-likeness (QED) is 0.806. The zero-order chi connectivity index (χ0) is 15.5. The summed E-state index contributed by atoms with van der Waals surface area (Å²) in [5.41, 5.74) is 0.846. The van der Waals surface area contributed by atoms with Crippen LogP contribution in [0.3, 0.4) is 0 Å². The first-order valence-corrected chi connectivity index (χ1v) is 6.69. The van der Waals surface area contributed by atoms with Crippen LogP contribution in [0.2, 0.25) is 0 Å².